The molecule has 0 saturated carbocycles. The van der Waals surface area contributed by atoms with Gasteiger partial charge in [0.1, 0.15) is 5.75 Å². The summed E-state index contributed by atoms with van der Waals surface area (Å²) in [6, 6.07) is 4.67. The van der Waals surface area contributed by atoms with Crippen LogP contribution in [0.4, 0.5) is 0 Å². The molecule has 0 spiro atoms. The summed E-state index contributed by atoms with van der Waals surface area (Å²) in [7, 11) is 0. The number of carbonyl (C=O) groups is 2. The second-order valence-corrected chi connectivity index (χ2v) is 4.97. The van der Waals surface area contributed by atoms with Crippen molar-refractivity contribution in [1.29, 1.82) is 0 Å². The minimum atomic E-state index is -0.462. The van der Waals surface area contributed by atoms with E-state index in [0.717, 1.165) is 0 Å². The molecule has 0 fully saturated rings. The fraction of sp³-hybridized carbons (Fsp3) is 0.286. The molecule has 120 valence electrons. The number of benzene rings is 1. The Morgan fingerprint density at radius 2 is 2.00 bits per heavy atom. The summed E-state index contributed by atoms with van der Waals surface area (Å²) in [5.74, 6) is -0.555. The molecule has 0 aromatic heterocycles. The van der Waals surface area contributed by atoms with Crippen molar-refractivity contribution in [2.24, 2.45) is 0 Å². The first-order valence-electron chi connectivity index (χ1n) is 6.38. The van der Waals surface area contributed by atoms with E-state index in [-0.39, 0.29) is 19.6 Å². The number of ether oxygens (including phenoxy) is 2. The third-order valence-electron chi connectivity index (χ3n) is 2.29. The number of hydrogen-bond acceptors (Lipinski definition) is 5. The minimum Gasteiger partial charge on any atom is -0.482 e. The van der Waals surface area contributed by atoms with E-state index in [1.807, 2.05) is 0 Å². The lowest BCUT2D eigenvalue weighted by atomic mass is 10.3. The van der Waals surface area contributed by atoms with E-state index in [9.17, 15) is 9.59 Å². The van der Waals surface area contributed by atoms with Crippen LogP contribution < -0.4 is 15.6 Å². The molecule has 0 radical (unpaired) electrons. The van der Waals surface area contributed by atoms with Crippen molar-refractivity contribution in [3.05, 3.63) is 40.5 Å². The molecule has 1 rings (SSSR count). The molecular formula is C14H16Cl2N2O4. The highest BCUT2D eigenvalue weighted by atomic mass is 35.5. The smallest absolute Gasteiger partial charge is 0.311 e. The molecule has 22 heavy (non-hydrogen) atoms. The molecule has 6 nitrogen and oxygen atoms in total. The summed E-state index contributed by atoms with van der Waals surface area (Å²) in [5.41, 5.74) is 5.15. The van der Waals surface area contributed by atoms with Crippen LogP contribution in [0.15, 0.2) is 30.5 Å². The standard InChI is InChI=1S/C14H16Cl2N2O4/c1-3-21-14(20)6-9(2)17-18-13(19)8-22-12-5-4-10(15)7-11(12)16/h4-5,7,17H,2-3,6,8H2,1H3,(H,18,19). The van der Waals surface area contributed by atoms with Crippen LogP contribution in [0.3, 0.4) is 0 Å². The van der Waals surface area contributed by atoms with Crippen LogP contribution in [0.1, 0.15) is 13.3 Å². The van der Waals surface area contributed by atoms with E-state index in [1.54, 1.807) is 19.1 Å². The zero-order valence-electron chi connectivity index (χ0n) is 11.9. The van der Waals surface area contributed by atoms with E-state index >= 15 is 0 Å². The maximum absolute atomic E-state index is 11.6. The Bertz CT molecular complexity index is 564. The first kappa shape index (κ1) is 18.1. The Morgan fingerprint density at radius 1 is 1.27 bits per heavy atom. The van der Waals surface area contributed by atoms with Gasteiger partial charge in [0, 0.05) is 10.7 Å². The van der Waals surface area contributed by atoms with Gasteiger partial charge in [0.2, 0.25) is 0 Å². The second-order valence-electron chi connectivity index (χ2n) is 4.12. The van der Waals surface area contributed by atoms with Gasteiger partial charge in [-0.05, 0) is 25.1 Å². The molecule has 0 heterocycles. The topological polar surface area (TPSA) is 76.7 Å². The van der Waals surface area contributed by atoms with Crippen molar-refractivity contribution in [2.75, 3.05) is 13.2 Å². The van der Waals surface area contributed by atoms with Crippen molar-refractivity contribution in [1.82, 2.24) is 10.9 Å². The molecular weight excluding hydrogens is 331 g/mol. The molecule has 8 heteroatoms. The third-order valence-corrected chi connectivity index (χ3v) is 2.82. The van der Waals surface area contributed by atoms with Crippen molar-refractivity contribution in [3.63, 3.8) is 0 Å². The molecule has 0 aliphatic carbocycles. The highest BCUT2D eigenvalue weighted by molar-refractivity contribution is 6.35. The lowest BCUT2D eigenvalue weighted by Crippen LogP contribution is -2.40. The van der Waals surface area contributed by atoms with Gasteiger partial charge in [-0.3, -0.25) is 15.0 Å². The van der Waals surface area contributed by atoms with Gasteiger partial charge in [-0.15, -0.1) is 0 Å². The molecule has 1 aromatic rings. The Kier molecular flexibility index (Phi) is 7.56. The van der Waals surface area contributed by atoms with E-state index in [0.29, 0.717) is 21.5 Å². The van der Waals surface area contributed by atoms with Crippen LogP contribution in [0.5, 0.6) is 5.75 Å². The van der Waals surface area contributed by atoms with E-state index < -0.39 is 11.9 Å². The number of halogens is 2. The van der Waals surface area contributed by atoms with Crippen molar-refractivity contribution < 1.29 is 19.1 Å². The van der Waals surface area contributed by atoms with Crippen LogP contribution in [0.25, 0.3) is 0 Å². The van der Waals surface area contributed by atoms with Crippen LogP contribution in [0, 0.1) is 0 Å². The predicted molar refractivity (Wildman–Crippen MR) is 83.6 cm³/mol. The summed E-state index contributed by atoms with van der Waals surface area (Å²) < 4.78 is 9.99. The van der Waals surface area contributed by atoms with Gasteiger partial charge in [0.25, 0.3) is 5.91 Å². The highest BCUT2D eigenvalue weighted by Crippen LogP contribution is 2.27. The van der Waals surface area contributed by atoms with Crippen LogP contribution in [0.2, 0.25) is 10.0 Å². The van der Waals surface area contributed by atoms with E-state index in [1.165, 1.54) is 6.07 Å². The van der Waals surface area contributed by atoms with Gasteiger partial charge >= 0.3 is 5.97 Å². The molecule has 2 N–H and O–H groups in total. The number of esters is 1. The average Bonchev–Trinajstić information content (AvgIpc) is 2.44. The predicted octanol–water partition coefficient (Wildman–Crippen LogP) is 2.46. The fourth-order valence-corrected chi connectivity index (χ4v) is 1.82. The van der Waals surface area contributed by atoms with Crippen LogP contribution in [-0.2, 0) is 14.3 Å². The zero-order chi connectivity index (χ0) is 16.5. The average molecular weight is 347 g/mol. The number of hydrogen-bond donors (Lipinski definition) is 2. The molecule has 1 aromatic carbocycles. The maximum atomic E-state index is 11.6. The Hall–Kier alpha value is -1.92. The normalized spacial score (nSPS) is 9.77. The molecule has 0 aliphatic heterocycles. The number of rotatable bonds is 8. The Labute approximate surface area is 138 Å². The Balaban J connectivity index is 2.31. The van der Waals surface area contributed by atoms with E-state index in [4.69, 9.17) is 32.7 Å². The van der Waals surface area contributed by atoms with Gasteiger partial charge in [0.05, 0.1) is 18.1 Å². The Morgan fingerprint density at radius 3 is 2.64 bits per heavy atom. The summed E-state index contributed by atoms with van der Waals surface area (Å²) in [5, 5.41) is 0.777. The molecule has 0 unspecified atom stereocenters. The quantitative estimate of drug-likeness (QED) is 0.558. The third kappa shape index (κ3) is 6.69. The zero-order valence-corrected chi connectivity index (χ0v) is 13.5. The SMILES string of the molecule is C=C(CC(=O)OCC)NNC(=O)COc1ccc(Cl)cc1Cl. The van der Waals surface area contributed by atoms with Crippen molar-refractivity contribution >= 4 is 35.1 Å². The molecule has 0 atom stereocenters. The summed E-state index contributed by atoms with van der Waals surface area (Å²) >= 11 is 11.7. The minimum absolute atomic E-state index is 0.0437. The monoisotopic (exact) mass is 346 g/mol. The molecule has 1 amide bonds. The van der Waals surface area contributed by atoms with Gasteiger partial charge in [-0.2, -0.15) is 0 Å². The second kappa shape index (κ2) is 9.17. The van der Waals surface area contributed by atoms with Crippen LogP contribution in [-0.4, -0.2) is 25.1 Å². The lowest BCUT2D eigenvalue weighted by molar-refractivity contribution is -0.142. The number of amides is 1. The van der Waals surface area contributed by atoms with Gasteiger partial charge in [-0.25, -0.2) is 0 Å². The molecule has 0 saturated heterocycles. The van der Waals surface area contributed by atoms with Crippen molar-refractivity contribution in [3.8, 4) is 5.75 Å². The molecule has 0 bridgehead atoms. The number of hydrazine groups is 1. The summed E-state index contributed by atoms with van der Waals surface area (Å²) in [6.07, 6.45) is -0.0437. The number of nitrogens with one attached hydrogen (secondary N) is 2. The molecule has 0 aliphatic rings. The largest absolute Gasteiger partial charge is 0.482 e. The number of carbonyl (C=O) groups excluding carboxylic acids is 2. The fourth-order valence-electron chi connectivity index (χ4n) is 1.36. The summed E-state index contributed by atoms with van der Waals surface area (Å²) in [4.78, 5) is 22.8. The van der Waals surface area contributed by atoms with Crippen LogP contribution >= 0.6 is 23.2 Å². The van der Waals surface area contributed by atoms with Gasteiger partial charge < -0.3 is 14.9 Å². The van der Waals surface area contributed by atoms with E-state index in [2.05, 4.69) is 17.4 Å². The first-order chi connectivity index (χ1) is 10.4. The lowest BCUT2D eigenvalue weighted by Gasteiger charge is -2.12. The maximum Gasteiger partial charge on any atom is 0.311 e. The summed E-state index contributed by atoms with van der Waals surface area (Å²) in [6.45, 7) is 5.31. The van der Waals surface area contributed by atoms with Gasteiger partial charge in [0.15, 0.2) is 6.61 Å². The van der Waals surface area contributed by atoms with Crippen molar-refractivity contribution in [2.45, 2.75) is 13.3 Å². The van der Waals surface area contributed by atoms with Gasteiger partial charge in [-0.1, -0.05) is 29.8 Å². The highest BCUT2D eigenvalue weighted by Gasteiger charge is 2.08. The first-order valence-corrected chi connectivity index (χ1v) is 7.14.